The number of hydrogen-bond acceptors (Lipinski definition) is 4. The monoisotopic (exact) mass is 376 g/mol. The minimum absolute atomic E-state index is 0.163. The zero-order chi connectivity index (χ0) is 19.2. The Kier molecular flexibility index (Phi) is 4.28. The molecule has 1 aliphatic heterocycles. The van der Waals surface area contributed by atoms with Crippen molar-refractivity contribution >= 4 is 11.7 Å². The van der Waals surface area contributed by atoms with Gasteiger partial charge in [-0.15, -0.1) is 5.10 Å². The van der Waals surface area contributed by atoms with E-state index in [0.29, 0.717) is 19.0 Å². The normalized spacial score (nSPS) is 17.6. The Balaban J connectivity index is 1.41. The zero-order valence-electron chi connectivity index (χ0n) is 14.8. The number of rotatable bonds is 4. The zero-order valence-corrected chi connectivity index (χ0v) is 14.8. The maximum Gasteiger partial charge on any atom is 0.417 e. The topological polar surface area (TPSA) is 49.3 Å². The molecule has 0 radical (unpaired) electrons. The quantitative estimate of drug-likeness (QED) is 0.821. The molecule has 1 aliphatic carbocycles. The van der Waals surface area contributed by atoms with Crippen molar-refractivity contribution in [2.45, 2.75) is 31.0 Å². The largest absolute Gasteiger partial charge is 0.417 e. The Morgan fingerprint density at radius 2 is 1.81 bits per heavy atom. The van der Waals surface area contributed by atoms with Gasteiger partial charge in [0, 0.05) is 26.1 Å². The van der Waals surface area contributed by atoms with Crippen LogP contribution in [0.15, 0.2) is 36.4 Å². The van der Waals surface area contributed by atoms with E-state index in [4.69, 9.17) is 0 Å². The Morgan fingerprint density at radius 1 is 1.11 bits per heavy atom. The molecule has 27 heavy (non-hydrogen) atoms. The highest BCUT2D eigenvalue weighted by Gasteiger charge is 2.39. The van der Waals surface area contributed by atoms with Crippen LogP contribution in [0.2, 0.25) is 0 Å². The van der Waals surface area contributed by atoms with E-state index in [1.807, 2.05) is 17.0 Å². The lowest BCUT2D eigenvalue weighted by Gasteiger charge is -2.44. The second kappa shape index (κ2) is 6.51. The molecule has 1 aromatic carbocycles. The summed E-state index contributed by atoms with van der Waals surface area (Å²) in [6.45, 7) is 1.04. The van der Waals surface area contributed by atoms with Gasteiger partial charge in [0.1, 0.15) is 0 Å². The molecule has 0 bridgehead atoms. The fourth-order valence-corrected chi connectivity index (χ4v) is 3.26. The first kappa shape index (κ1) is 17.8. The maximum atomic E-state index is 13.2. The standard InChI is InChI=1S/C19H19F3N4O/c1-25(18(27)14-4-2-3-5-15(14)19(20,21)22)13-10-26(11-13)17-9-8-16(23-24-17)12-6-7-12/h2-5,8-9,12-13H,6-7,10-11H2,1H3. The number of amides is 1. The lowest BCUT2D eigenvalue weighted by molar-refractivity contribution is -0.138. The van der Waals surface area contributed by atoms with Gasteiger partial charge in [-0.1, -0.05) is 12.1 Å². The lowest BCUT2D eigenvalue weighted by atomic mass is 10.0. The summed E-state index contributed by atoms with van der Waals surface area (Å²) in [6, 6.07) is 8.61. The number of benzene rings is 1. The SMILES string of the molecule is CN(C(=O)c1ccccc1C(F)(F)F)C1CN(c2ccc(C3CC3)nn2)C1. The summed E-state index contributed by atoms with van der Waals surface area (Å²) in [5.41, 5.74) is -0.217. The molecular formula is C19H19F3N4O. The smallest absolute Gasteiger partial charge is 0.351 e. The predicted octanol–water partition coefficient (Wildman–Crippen LogP) is 3.33. The van der Waals surface area contributed by atoms with Crippen LogP contribution < -0.4 is 4.90 Å². The minimum atomic E-state index is -4.56. The molecular weight excluding hydrogens is 357 g/mol. The molecule has 0 atom stereocenters. The van der Waals surface area contributed by atoms with Gasteiger partial charge in [0.05, 0.1) is 22.9 Å². The highest BCUT2D eigenvalue weighted by atomic mass is 19.4. The molecule has 1 amide bonds. The van der Waals surface area contributed by atoms with Gasteiger partial charge >= 0.3 is 6.18 Å². The number of nitrogens with zero attached hydrogens (tertiary/aromatic N) is 4. The Labute approximate surface area is 154 Å². The van der Waals surface area contributed by atoms with Crippen LogP contribution in [0.25, 0.3) is 0 Å². The van der Waals surface area contributed by atoms with E-state index in [9.17, 15) is 18.0 Å². The third-order valence-corrected chi connectivity index (χ3v) is 5.18. The number of likely N-dealkylation sites (N-methyl/N-ethyl adjacent to an activating group) is 1. The van der Waals surface area contributed by atoms with Gasteiger partial charge in [-0.25, -0.2) is 0 Å². The molecule has 4 rings (SSSR count). The van der Waals surface area contributed by atoms with Crippen LogP contribution in [0.4, 0.5) is 19.0 Å². The average Bonchev–Trinajstić information content (AvgIpc) is 3.45. The van der Waals surface area contributed by atoms with Gasteiger partial charge in [0.15, 0.2) is 5.82 Å². The van der Waals surface area contributed by atoms with Crippen LogP contribution in [-0.2, 0) is 6.18 Å². The Bertz CT molecular complexity index is 843. The molecule has 1 aromatic heterocycles. The molecule has 142 valence electrons. The second-order valence-corrected chi connectivity index (χ2v) is 7.11. The van der Waals surface area contributed by atoms with Crippen LogP contribution >= 0.6 is 0 Å². The molecule has 0 unspecified atom stereocenters. The van der Waals surface area contributed by atoms with Gasteiger partial charge in [0.2, 0.25) is 0 Å². The van der Waals surface area contributed by atoms with Crippen molar-refractivity contribution in [3.8, 4) is 0 Å². The van der Waals surface area contributed by atoms with E-state index in [1.54, 1.807) is 7.05 Å². The van der Waals surface area contributed by atoms with Crippen LogP contribution in [0.3, 0.4) is 0 Å². The van der Waals surface area contributed by atoms with Crippen molar-refractivity contribution in [1.82, 2.24) is 15.1 Å². The predicted molar refractivity (Wildman–Crippen MR) is 93.5 cm³/mol. The first-order valence-electron chi connectivity index (χ1n) is 8.86. The number of anilines is 1. The van der Waals surface area contributed by atoms with E-state index >= 15 is 0 Å². The molecule has 2 fully saturated rings. The van der Waals surface area contributed by atoms with Gasteiger partial charge < -0.3 is 9.80 Å². The molecule has 0 N–H and O–H groups in total. The number of carbonyl (C=O) groups is 1. The molecule has 5 nitrogen and oxygen atoms in total. The van der Waals surface area contributed by atoms with Gasteiger partial charge in [0.25, 0.3) is 5.91 Å². The summed E-state index contributed by atoms with van der Waals surface area (Å²) in [5.74, 6) is 0.642. The van der Waals surface area contributed by atoms with Crippen molar-refractivity contribution in [2.24, 2.45) is 0 Å². The Hall–Kier alpha value is -2.64. The number of aromatic nitrogens is 2. The molecule has 2 aliphatic rings. The summed E-state index contributed by atoms with van der Waals surface area (Å²) in [6.07, 6.45) is -2.24. The molecule has 2 aromatic rings. The lowest BCUT2D eigenvalue weighted by Crippen LogP contribution is -2.60. The summed E-state index contributed by atoms with van der Waals surface area (Å²) in [4.78, 5) is 15.9. The molecule has 8 heteroatoms. The fraction of sp³-hybridized carbons (Fsp3) is 0.421. The minimum Gasteiger partial charge on any atom is -0.351 e. The van der Waals surface area contributed by atoms with E-state index in [0.717, 1.165) is 30.4 Å². The van der Waals surface area contributed by atoms with Crippen molar-refractivity contribution in [2.75, 3.05) is 25.0 Å². The van der Waals surface area contributed by atoms with E-state index < -0.39 is 17.6 Å². The fourth-order valence-electron chi connectivity index (χ4n) is 3.26. The van der Waals surface area contributed by atoms with Crippen LogP contribution in [-0.4, -0.2) is 47.2 Å². The van der Waals surface area contributed by atoms with E-state index in [2.05, 4.69) is 10.2 Å². The first-order chi connectivity index (χ1) is 12.8. The summed E-state index contributed by atoms with van der Waals surface area (Å²) in [5, 5.41) is 8.47. The average molecular weight is 376 g/mol. The third-order valence-electron chi connectivity index (χ3n) is 5.18. The third kappa shape index (κ3) is 3.48. The first-order valence-corrected chi connectivity index (χ1v) is 8.86. The highest BCUT2D eigenvalue weighted by molar-refractivity contribution is 5.96. The second-order valence-electron chi connectivity index (χ2n) is 7.11. The van der Waals surface area contributed by atoms with E-state index in [1.165, 1.54) is 23.1 Å². The van der Waals surface area contributed by atoms with Crippen molar-refractivity contribution in [3.63, 3.8) is 0 Å². The number of alkyl halides is 3. The highest BCUT2D eigenvalue weighted by Crippen LogP contribution is 2.39. The Morgan fingerprint density at radius 3 is 2.41 bits per heavy atom. The molecule has 0 spiro atoms. The summed E-state index contributed by atoms with van der Waals surface area (Å²) in [7, 11) is 1.54. The van der Waals surface area contributed by atoms with Gasteiger partial charge in [-0.05, 0) is 37.1 Å². The molecule has 2 heterocycles. The van der Waals surface area contributed by atoms with E-state index in [-0.39, 0.29) is 11.6 Å². The summed E-state index contributed by atoms with van der Waals surface area (Å²) >= 11 is 0. The number of halogens is 3. The van der Waals surface area contributed by atoms with Gasteiger partial charge in [-0.3, -0.25) is 4.79 Å². The summed E-state index contributed by atoms with van der Waals surface area (Å²) < 4.78 is 39.5. The number of hydrogen-bond donors (Lipinski definition) is 0. The van der Waals surface area contributed by atoms with Crippen molar-refractivity contribution < 1.29 is 18.0 Å². The van der Waals surface area contributed by atoms with Crippen LogP contribution in [0.1, 0.15) is 40.4 Å². The number of carbonyl (C=O) groups excluding carboxylic acids is 1. The molecule has 1 saturated heterocycles. The maximum absolute atomic E-state index is 13.2. The molecule has 1 saturated carbocycles. The van der Waals surface area contributed by atoms with Crippen LogP contribution in [0, 0.1) is 0 Å². The van der Waals surface area contributed by atoms with Crippen molar-refractivity contribution in [1.29, 1.82) is 0 Å². The van der Waals surface area contributed by atoms with Crippen molar-refractivity contribution in [3.05, 3.63) is 53.2 Å². The van der Waals surface area contributed by atoms with Gasteiger partial charge in [-0.2, -0.15) is 18.3 Å². The van der Waals surface area contributed by atoms with Crippen LogP contribution in [0.5, 0.6) is 0 Å².